The van der Waals surface area contributed by atoms with Gasteiger partial charge in [-0.05, 0) is 153 Å². The van der Waals surface area contributed by atoms with Gasteiger partial charge in [-0.3, -0.25) is 0 Å². The first-order chi connectivity index (χ1) is 21.5. The second-order valence-electron chi connectivity index (χ2n) is 14.1. The lowest BCUT2D eigenvalue weighted by Gasteiger charge is -2.63. The van der Waals surface area contributed by atoms with Crippen LogP contribution in [0.25, 0.3) is 43.8 Å². The van der Waals surface area contributed by atoms with E-state index >= 15 is 0 Å². The van der Waals surface area contributed by atoms with Gasteiger partial charge in [0, 0.05) is 0 Å². The van der Waals surface area contributed by atoms with Crippen molar-refractivity contribution in [2.24, 2.45) is 11.8 Å². The van der Waals surface area contributed by atoms with Gasteiger partial charge in [0.15, 0.2) is 0 Å². The molecule has 0 aromatic heterocycles. The van der Waals surface area contributed by atoms with E-state index in [9.17, 15) is 10.2 Å². The minimum Gasteiger partial charge on any atom is -0.508 e. The normalized spacial score (nSPS) is 25.5. The number of phenolic OH excluding ortho intramolecular Hbond substituents is 2. The Morgan fingerprint density at radius 1 is 0.455 bits per heavy atom. The molecule has 0 unspecified atom stereocenters. The quantitative estimate of drug-likeness (QED) is 0.221. The third-order valence-electron chi connectivity index (χ3n) is 11.3. The van der Waals surface area contributed by atoms with Gasteiger partial charge in [0.2, 0.25) is 0 Å². The molecule has 44 heavy (non-hydrogen) atoms. The van der Waals surface area contributed by atoms with Crippen molar-refractivity contribution in [1.29, 1.82) is 0 Å². The summed E-state index contributed by atoms with van der Waals surface area (Å²) in [5.41, 5.74) is 7.61. The van der Waals surface area contributed by atoms with Crippen molar-refractivity contribution in [1.82, 2.24) is 0 Å². The van der Waals surface area contributed by atoms with Crippen molar-refractivity contribution in [3.05, 3.63) is 132 Å². The summed E-state index contributed by atoms with van der Waals surface area (Å²) in [6.45, 7) is 0. The van der Waals surface area contributed by atoms with Crippen molar-refractivity contribution in [2.75, 3.05) is 0 Å². The highest BCUT2D eigenvalue weighted by atomic mass is 16.3. The fraction of sp³-hybridized carbons (Fsp3) is 0.238. The molecule has 6 aromatic carbocycles. The first-order valence-electron chi connectivity index (χ1n) is 16.1. The standard InChI is InChI=1S/C42H36O2/c43-35-13-15-39(37(20-35)33-11-9-29-5-1-3-7-31(29)18-33)41-22-27-17-28(23-41)25-42(24-27,26-41)40-16-14-36(44)21-38(40)34-12-10-30-6-2-4-8-32(30)19-34/h1-16,18-21,27-28,43-44H,17,22-26H2. The first-order valence-corrected chi connectivity index (χ1v) is 16.1. The molecular weight excluding hydrogens is 536 g/mol. The Morgan fingerprint density at radius 3 is 1.34 bits per heavy atom. The largest absolute Gasteiger partial charge is 0.508 e. The van der Waals surface area contributed by atoms with Crippen molar-refractivity contribution in [3.8, 4) is 33.8 Å². The zero-order chi connectivity index (χ0) is 29.5. The van der Waals surface area contributed by atoms with E-state index in [1.807, 2.05) is 24.3 Å². The maximum atomic E-state index is 10.8. The van der Waals surface area contributed by atoms with Gasteiger partial charge >= 0.3 is 0 Å². The van der Waals surface area contributed by atoms with Crippen LogP contribution in [-0.2, 0) is 10.8 Å². The number of fused-ring (bicyclic) bond motifs is 2. The molecule has 0 radical (unpaired) electrons. The number of hydrogen-bond donors (Lipinski definition) is 2. The number of aromatic hydroxyl groups is 2. The van der Waals surface area contributed by atoms with E-state index in [4.69, 9.17) is 0 Å². The van der Waals surface area contributed by atoms with Crippen molar-refractivity contribution < 1.29 is 10.2 Å². The van der Waals surface area contributed by atoms with E-state index in [1.165, 1.54) is 87.0 Å². The van der Waals surface area contributed by atoms with Crippen LogP contribution >= 0.6 is 0 Å². The van der Waals surface area contributed by atoms with Crippen molar-refractivity contribution in [3.63, 3.8) is 0 Å². The summed E-state index contributed by atoms with van der Waals surface area (Å²) in [5, 5.41) is 26.5. The van der Waals surface area contributed by atoms with Crippen LogP contribution in [-0.4, -0.2) is 10.2 Å². The van der Waals surface area contributed by atoms with Gasteiger partial charge in [-0.1, -0.05) is 84.9 Å². The average Bonchev–Trinajstić information content (AvgIpc) is 3.03. The zero-order valence-electron chi connectivity index (χ0n) is 24.8. The molecule has 6 aromatic rings. The van der Waals surface area contributed by atoms with Gasteiger partial charge in [0.1, 0.15) is 11.5 Å². The lowest BCUT2D eigenvalue weighted by Crippen LogP contribution is -2.56. The van der Waals surface area contributed by atoms with E-state index in [0.29, 0.717) is 23.3 Å². The predicted octanol–water partition coefficient (Wildman–Crippen LogP) is 10.5. The van der Waals surface area contributed by atoms with Crippen LogP contribution in [0.4, 0.5) is 0 Å². The molecule has 0 aliphatic heterocycles. The van der Waals surface area contributed by atoms with Crippen LogP contribution < -0.4 is 0 Å². The highest BCUT2D eigenvalue weighted by molar-refractivity contribution is 5.89. The third-order valence-corrected chi connectivity index (χ3v) is 11.3. The Labute approximate surface area is 258 Å². The molecule has 4 aliphatic rings. The minimum atomic E-state index is 0.0529. The number of rotatable bonds is 4. The monoisotopic (exact) mass is 572 g/mol. The Kier molecular flexibility index (Phi) is 5.57. The molecule has 0 spiro atoms. The molecule has 0 atom stereocenters. The average molecular weight is 573 g/mol. The maximum Gasteiger partial charge on any atom is 0.116 e. The van der Waals surface area contributed by atoms with E-state index < -0.39 is 0 Å². The topological polar surface area (TPSA) is 40.5 Å². The van der Waals surface area contributed by atoms with Gasteiger partial charge in [-0.15, -0.1) is 0 Å². The summed E-state index contributed by atoms with van der Waals surface area (Å²) in [7, 11) is 0. The van der Waals surface area contributed by atoms with Crippen LogP contribution in [0, 0.1) is 11.8 Å². The summed E-state index contributed by atoms with van der Waals surface area (Å²) in [6.07, 6.45) is 7.25. The summed E-state index contributed by atoms with van der Waals surface area (Å²) < 4.78 is 0. The number of phenols is 2. The highest BCUT2D eigenvalue weighted by Gasteiger charge is 2.59. The van der Waals surface area contributed by atoms with Gasteiger partial charge in [-0.25, -0.2) is 0 Å². The van der Waals surface area contributed by atoms with Crippen molar-refractivity contribution >= 4 is 21.5 Å². The molecule has 0 amide bonds. The molecule has 2 heteroatoms. The SMILES string of the molecule is Oc1ccc(C23CC4CC(C2)CC(c2ccc(O)cc2-c2ccc5ccccc5c2)(C4)C3)c(-c2ccc3ccccc3c2)c1. The number of hydrogen-bond acceptors (Lipinski definition) is 2. The molecule has 4 aliphatic carbocycles. The molecule has 4 bridgehead atoms. The van der Waals surface area contributed by atoms with E-state index in [1.54, 1.807) is 0 Å². The van der Waals surface area contributed by atoms with Crippen LogP contribution in [0.2, 0.25) is 0 Å². The third kappa shape index (κ3) is 4.00. The van der Waals surface area contributed by atoms with E-state index in [0.717, 1.165) is 6.42 Å². The summed E-state index contributed by atoms with van der Waals surface area (Å²) in [5.74, 6) is 2.00. The molecule has 2 N–H and O–H groups in total. The molecular formula is C42H36O2. The van der Waals surface area contributed by atoms with Crippen molar-refractivity contribution in [2.45, 2.75) is 49.4 Å². The Morgan fingerprint density at radius 2 is 0.886 bits per heavy atom. The van der Waals surface area contributed by atoms with Gasteiger partial charge in [0.05, 0.1) is 0 Å². The Balaban J connectivity index is 1.20. The van der Waals surface area contributed by atoms with Crippen LogP contribution in [0.1, 0.15) is 49.7 Å². The first kappa shape index (κ1) is 25.9. The Bertz CT molecular complexity index is 1930. The summed E-state index contributed by atoms with van der Waals surface area (Å²) in [6, 6.07) is 42.8. The van der Waals surface area contributed by atoms with Gasteiger partial charge in [-0.2, -0.15) is 0 Å². The van der Waals surface area contributed by atoms with Crippen LogP contribution in [0.3, 0.4) is 0 Å². The maximum absolute atomic E-state index is 10.8. The lowest BCUT2D eigenvalue weighted by atomic mass is 9.41. The van der Waals surface area contributed by atoms with Gasteiger partial charge in [0.25, 0.3) is 0 Å². The highest BCUT2D eigenvalue weighted by Crippen LogP contribution is 2.68. The number of benzene rings is 6. The molecule has 216 valence electrons. The molecule has 10 rings (SSSR count). The van der Waals surface area contributed by atoms with E-state index in [-0.39, 0.29) is 10.8 Å². The fourth-order valence-corrected chi connectivity index (χ4v) is 10.1. The molecule has 4 saturated carbocycles. The Hall–Kier alpha value is -4.56. The summed E-state index contributed by atoms with van der Waals surface area (Å²) >= 11 is 0. The molecule has 0 heterocycles. The molecule has 0 saturated heterocycles. The predicted molar refractivity (Wildman–Crippen MR) is 180 cm³/mol. The fourth-order valence-electron chi connectivity index (χ4n) is 10.1. The van der Waals surface area contributed by atoms with Crippen LogP contribution in [0.15, 0.2) is 121 Å². The second kappa shape index (κ2) is 9.47. The van der Waals surface area contributed by atoms with Crippen LogP contribution in [0.5, 0.6) is 11.5 Å². The lowest BCUT2D eigenvalue weighted by molar-refractivity contribution is -0.0276. The van der Waals surface area contributed by atoms with Gasteiger partial charge < -0.3 is 10.2 Å². The second-order valence-corrected chi connectivity index (χ2v) is 14.1. The molecule has 2 nitrogen and oxygen atoms in total. The minimum absolute atomic E-state index is 0.0529. The molecule has 4 fully saturated rings. The van der Waals surface area contributed by atoms with E-state index in [2.05, 4.69) is 97.1 Å². The zero-order valence-corrected chi connectivity index (χ0v) is 24.8. The smallest absolute Gasteiger partial charge is 0.116 e. The summed E-state index contributed by atoms with van der Waals surface area (Å²) in [4.78, 5) is 0.